The number of esters is 2. The molecule has 0 saturated carbocycles. The van der Waals surface area contributed by atoms with Gasteiger partial charge in [0.25, 0.3) is 5.79 Å². The minimum atomic E-state index is -1.37. The van der Waals surface area contributed by atoms with Gasteiger partial charge in [-0.15, -0.1) is 0 Å². The maximum atomic E-state index is 13.5. The zero-order chi connectivity index (χ0) is 15.8. The van der Waals surface area contributed by atoms with E-state index in [2.05, 4.69) is 0 Å². The molecule has 1 fully saturated rings. The third-order valence-corrected chi connectivity index (χ3v) is 2.60. The van der Waals surface area contributed by atoms with Crippen LogP contribution in [0, 0.1) is 15.9 Å². The molecule has 0 aliphatic carbocycles. The fraction of sp³-hybridized carbons (Fsp3) is 0.231. The van der Waals surface area contributed by atoms with E-state index in [9.17, 15) is 24.1 Å². The summed E-state index contributed by atoms with van der Waals surface area (Å²) < 4.78 is 23.2. The Hall–Kier alpha value is -2.77. The molecule has 0 N–H and O–H groups in total. The first-order chi connectivity index (χ1) is 9.69. The quantitative estimate of drug-likeness (QED) is 0.272. The Kier molecular flexibility index (Phi) is 3.46. The number of hydrogen-bond donors (Lipinski definition) is 0. The summed E-state index contributed by atoms with van der Waals surface area (Å²) in [5.74, 6) is -4.26. The second-order valence-corrected chi connectivity index (χ2v) is 4.70. The third-order valence-electron chi connectivity index (χ3n) is 2.60. The van der Waals surface area contributed by atoms with Crippen LogP contribution in [-0.4, -0.2) is 22.6 Å². The van der Waals surface area contributed by atoms with Gasteiger partial charge in [-0.05, 0) is 23.8 Å². The zero-order valence-corrected chi connectivity index (χ0v) is 11.1. The van der Waals surface area contributed by atoms with Crippen molar-refractivity contribution in [2.75, 3.05) is 0 Å². The number of hydrogen-bond acceptors (Lipinski definition) is 6. The number of carbonyl (C=O) groups is 2. The molecule has 8 heteroatoms. The number of ether oxygens (including phenoxy) is 2. The van der Waals surface area contributed by atoms with Crippen molar-refractivity contribution in [1.82, 2.24) is 0 Å². The zero-order valence-electron chi connectivity index (χ0n) is 11.1. The number of nitrogens with zero attached hydrogens (tertiary/aromatic N) is 1. The van der Waals surface area contributed by atoms with Crippen molar-refractivity contribution >= 4 is 23.7 Å². The second-order valence-electron chi connectivity index (χ2n) is 4.70. The van der Waals surface area contributed by atoms with Gasteiger partial charge < -0.3 is 9.47 Å². The van der Waals surface area contributed by atoms with Crippen LogP contribution in [0.1, 0.15) is 19.4 Å². The van der Waals surface area contributed by atoms with E-state index in [1.807, 2.05) is 0 Å². The fourth-order valence-electron chi connectivity index (χ4n) is 1.71. The molecule has 1 saturated heterocycles. The highest BCUT2D eigenvalue weighted by atomic mass is 19.1. The Morgan fingerprint density at radius 1 is 1.24 bits per heavy atom. The fourth-order valence-corrected chi connectivity index (χ4v) is 1.71. The molecule has 0 aromatic heterocycles. The molecule has 0 spiro atoms. The maximum Gasteiger partial charge on any atom is 0.348 e. The van der Waals surface area contributed by atoms with Crippen LogP contribution in [0.3, 0.4) is 0 Å². The van der Waals surface area contributed by atoms with E-state index in [-0.39, 0.29) is 5.56 Å². The Morgan fingerprint density at radius 3 is 2.29 bits per heavy atom. The first-order valence-electron chi connectivity index (χ1n) is 5.82. The van der Waals surface area contributed by atoms with E-state index in [0.29, 0.717) is 0 Å². The average molecular weight is 295 g/mol. The first kappa shape index (κ1) is 14.6. The van der Waals surface area contributed by atoms with Crippen molar-refractivity contribution in [1.29, 1.82) is 0 Å². The van der Waals surface area contributed by atoms with Crippen LogP contribution in [0.15, 0.2) is 23.8 Å². The predicted octanol–water partition coefficient (Wildman–Crippen LogP) is 1.95. The summed E-state index contributed by atoms with van der Waals surface area (Å²) in [6.45, 7) is 2.79. The number of nitro benzene ring substituents is 1. The Labute approximate surface area is 118 Å². The van der Waals surface area contributed by atoms with Crippen LogP contribution in [0.4, 0.5) is 10.1 Å². The average Bonchev–Trinajstić information content (AvgIpc) is 2.32. The maximum absolute atomic E-state index is 13.5. The van der Waals surface area contributed by atoms with Gasteiger partial charge in [0, 0.05) is 19.9 Å². The van der Waals surface area contributed by atoms with Gasteiger partial charge in [-0.3, -0.25) is 10.1 Å². The second kappa shape index (κ2) is 4.97. The van der Waals surface area contributed by atoms with Crippen LogP contribution in [0.25, 0.3) is 6.08 Å². The molecule has 1 heterocycles. The molecule has 0 amide bonds. The Morgan fingerprint density at radius 2 is 1.81 bits per heavy atom. The van der Waals surface area contributed by atoms with Gasteiger partial charge in [-0.1, -0.05) is 0 Å². The van der Waals surface area contributed by atoms with Gasteiger partial charge in [0.1, 0.15) is 5.57 Å². The number of cyclic esters (lactones) is 2. The van der Waals surface area contributed by atoms with E-state index in [4.69, 9.17) is 9.47 Å². The minimum Gasteiger partial charge on any atom is -0.419 e. The largest absolute Gasteiger partial charge is 0.419 e. The standard InChI is InChI=1S/C13H10FNO6/c1-13(2)20-11(16)8(12(17)21-13)5-7-3-4-10(15(18)19)9(14)6-7/h3-6H,1-2H3. The lowest BCUT2D eigenvalue weighted by Gasteiger charge is -2.29. The van der Waals surface area contributed by atoms with E-state index >= 15 is 0 Å². The van der Waals surface area contributed by atoms with Crippen molar-refractivity contribution in [3.05, 3.63) is 45.3 Å². The highest BCUT2D eigenvalue weighted by Gasteiger charge is 2.38. The van der Waals surface area contributed by atoms with E-state index in [1.54, 1.807) is 0 Å². The lowest BCUT2D eigenvalue weighted by atomic mass is 10.1. The molecule has 7 nitrogen and oxygen atoms in total. The van der Waals surface area contributed by atoms with Gasteiger partial charge in [0.05, 0.1) is 4.92 Å². The molecule has 0 radical (unpaired) electrons. The first-order valence-corrected chi connectivity index (χ1v) is 5.82. The van der Waals surface area contributed by atoms with Gasteiger partial charge in [0.15, 0.2) is 0 Å². The van der Waals surface area contributed by atoms with Gasteiger partial charge in [-0.2, -0.15) is 4.39 Å². The minimum absolute atomic E-state index is 0.0988. The van der Waals surface area contributed by atoms with Gasteiger partial charge >= 0.3 is 17.6 Å². The van der Waals surface area contributed by atoms with Crippen molar-refractivity contribution in [3.8, 4) is 0 Å². The summed E-state index contributed by atoms with van der Waals surface area (Å²) in [5.41, 5.74) is -1.02. The topological polar surface area (TPSA) is 95.7 Å². The summed E-state index contributed by atoms with van der Waals surface area (Å²) >= 11 is 0. The number of benzene rings is 1. The number of halogens is 1. The van der Waals surface area contributed by atoms with E-state index < -0.39 is 39.7 Å². The SMILES string of the molecule is CC1(C)OC(=O)C(=Cc2ccc([N+](=O)[O-])c(F)c2)C(=O)O1. The smallest absolute Gasteiger partial charge is 0.348 e. The molecule has 2 rings (SSSR count). The van der Waals surface area contributed by atoms with Crippen molar-refractivity contribution in [2.45, 2.75) is 19.6 Å². The number of rotatable bonds is 2. The van der Waals surface area contributed by atoms with Crippen molar-refractivity contribution < 1.29 is 28.4 Å². The molecule has 1 aliphatic heterocycles. The monoisotopic (exact) mass is 295 g/mol. The lowest BCUT2D eigenvalue weighted by molar-refractivity contribution is -0.387. The molecule has 110 valence electrons. The molecule has 0 atom stereocenters. The summed E-state index contributed by atoms with van der Waals surface area (Å²) in [6, 6.07) is 2.98. The normalized spacial score (nSPS) is 17.0. The highest BCUT2D eigenvalue weighted by molar-refractivity contribution is 6.18. The predicted molar refractivity (Wildman–Crippen MR) is 67.3 cm³/mol. The van der Waals surface area contributed by atoms with E-state index in [0.717, 1.165) is 18.2 Å². The summed E-state index contributed by atoms with van der Waals surface area (Å²) in [4.78, 5) is 33.0. The summed E-state index contributed by atoms with van der Waals surface area (Å²) in [5, 5.41) is 10.5. The van der Waals surface area contributed by atoms with Crippen LogP contribution in [-0.2, 0) is 19.1 Å². The van der Waals surface area contributed by atoms with Gasteiger partial charge in [0.2, 0.25) is 5.82 Å². The lowest BCUT2D eigenvalue weighted by Crippen LogP contribution is -2.41. The Bertz CT molecular complexity index is 657. The van der Waals surface area contributed by atoms with Crippen LogP contribution in [0.5, 0.6) is 0 Å². The van der Waals surface area contributed by atoms with Crippen LogP contribution >= 0.6 is 0 Å². The van der Waals surface area contributed by atoms with Crippen molar-refractivity contribution in [2.24, 2.45) is 0 Å². The number of nitro groups is 1. The molecule has 0 bridgehead atoms. The molecule has 1 aromatic rings. The summed E-state index contributed by atoms with van der Waals surface area (Å²) in [7, 11) is 0. The molecule has 21 heavy (non-hydrogen) atoms. The van der Waals surface area contributed by atoms with Crippen LogP contribution in [0.2, 0.25) is 0 Å². The molecule has 0 unspecified atom stereocenters. The third kappa shape index (κ3) is 3.04. The number of carbonyl (C=O) groups excluding carboxylic acids is 2. The van der Waals surface area contributed by atoms with Crippen LogP contribution < -0.4 is 0 Å². The molecule has 1 aromatic carbocycles. The highest BCUT2D eigenvalue weighted by Crippen LogP contribution is 2.25. The van der Waals surface area contributed by atoms with Gasteiger partial charge in [-0.25, -0.2) is 9.59 Å². The molecular weight excluding hydrogens is 285 g/mol. The molecular formula is C13H10FNO6. The van der Waals surface area contributed by atoms with Crippen molar-refractivity contribution in [3.63, 3.8) is 0 Å². The molecule has 1 aliphatic rings. The summed E-state index contributed by atoms with van der Waals surface area (Å²) in [6.07, 6.45) is 1.05. The Balaban J connectivity index is 2.36. The van der Waals surface area contributed by atoms with E-state index in [1.165, 1.54) is 19.9 Å².